The van der Waals surface area contributed by atoms with Crippen molar-refractivity contribution in [1.29, 1.82) is 0 Å². The van der Waals surface area contributed by atoms with Gasteiger partial charge in [-0.05, 0) is 37.1 Å². The topological polar surface area (TPSA) is 96.3 Å². The van der Waals surface area contributed by atoms with Crippen molar-refractivity contribution in [2.75, 3.05) is 24.7 Å². The maximum absolute atomic E-state index is 13.5. The number of nitrogens with one attached hydrogen (secondary N) is 2. The van der Waals surface area contributed by atoms with Crippen LogP contribution >= 0.6 is 0 Å². The predicted octanol–water partition coefficient (Wildman–Crippen LogP) is 2.44. The second kappa shape index (κ2) is 8.03. The summed E-state index contributed by atoms with van der Waals surface area (Å²) in [5.41, 5.74) is -1.17. The van der Waals surface area contributed by atoms with Gasteiger partial charge in [-0.25, -0.2) is 22.6 Å². The van der Waals surface area contributed by atoms with Gasteiger partial charge in [-0.2, -0.15) is 18.3 Å². The fraction of sp³-hybridized carbons (Fsp3) is 0.412. The molecule has 158 valence electrons. The Hall–Kier alpha value is -2.60. The van der Waals surface area contributed by atoms with E-state index in [9.17, 15) is 26.4 Å². The number of piperidine rings is 1. The quantitative estimate of drug-likeness (QED) is 0.777. The molecular formula is C17H20F3N5O3S. The molecule has 2 heterocycles. The SMILES string of the molecule is CS(=O)(=O)NC1CCCN(C(=O)Nc2ccc(-n3cccn3)cc2C(F)(F)F)C1. The molecule has 1 unspecified atom stereocenters. The van der Waals surface area contributed by atoms with Gasteiger partial charge in [0.2, 0.25) is 10.0 Å². The van der Waals surface area contributed by atoms with Crippen LogP contribution in [0.2, 0.25) is 0 Å². The highest BCUT2D eigenvalue weighted by atomic mass is 32.2. The van der Waals surface area contributed by atoms with Crippen LogP contribution in [-0.4, -0.2) is 54.5 Å². The zero-order valence-electron chi connectivity index (χ0n) is 15.5. The Labute approximate surface area is 165 Å². The highest BCUT2D eigenvalue weighted by Crippen LogP contribution is 2.36. The third kappa shape index (κ3) is 5.48. The van der Waals surface area contributed by atoms with Crippen LogP contribution in [-0.2, 0) is 16.2 Å². The summed E-state index contributed by atoms with van der Waals surface area (Å²) >= 11 is 0. The van der Waals surface area contributed by atoms with E-state index in [0.29, 0.717) is 19.4 Å². The van der Waals surface area contributed by atoms with Crippen LogP contribution in [0.5, 0.6) is 0 Å². The number of halogens is 3. The molecule has 0 aliphatic carbocycles. The zero-order chi connectivity index (χ0) is 21.2. The highest BCUT2D eigenvalue weighted by Gasteiger charge is 2.35. The van der Waals surface area contributed by atoms with Gasteiger partial charge in [0.15, 0.2) is 0 Å². The van der Waals surface area contributed by atoms with Crippen LogP contribution < -0.4 is 10.0 Å². The Morgan fingerprint density at radius 3 is 2.69 bits per heavy atom. The molecule has 12 heteroatoms. The van der Waals surface area contributed by atoms with Gasteiger partial charge in [0.05, 0.1) is 23.2 Å². The number of aromatic nitrogens is 2. The van der Waals surface area contributed by atoms with Crippen LogP contribution in [0.4, 0.5) is 23.7 Å². The molecule has 1 aliphatic heterocycles. The number of sulfonamides is 1. The number of nitrogens with zero attached hydrogens (tertiary/aromatic N) is 3. The summed E-state index contributed by atoms with van der Waals surface area (Å²) in [6.45, 7) is 0.395. The monoisotopic (exact) mass is 431 g/mol. The molecule has 2 aromatic rings. The molecule has 0 radical (unpaired) electrons. The van der Waals surface area contributed by atoms with E-state index in [1.54, 1.807) is 6.07 Å². The second-order valence-electron chi connectivity index (χ2n) is 6.78. The van der Waals surface area contributed by atoms with Gasteiger partial charge in [-0.1, -0.05) is 0 Å². The lowest BCUT2D eigenvalue weighted by molar-refractivity contribution is -0.136. The van der Waals surface area contributed by atoms with E-state index in [2.05, 4.69) is 15.1 Å². The van der Waals surface area contributed by atoms with Crippen LogP contribution in [0.1, 0.15) is 18.4 Å². The average molecular weight is 431 g/mol. The molecule has 0 bridgehead atoms. The Kier molecular flexibility index (Phi) is 5.85. The number of carbonyl (C=O) groups is 1. The number of urea groups is 1. The van der Waals surface area contributed by atoms with Gasteiger partial charge in [0.1, 0.15) is 0 Å². The van der Waals surface area contributed by atoms with Gasteiger partial charge >= 0.3 is 12.2 Å². The first-order chi connectivity index (χ1) is 13.5. The van der Waals surface area contributed by atoms with E-state index >= 15 is 0 Å². The van der Waals surface area contributed by atoms with Crippen LogP contribution in [0.3, 0.4) is 0 Å². The minimum absolute atomic E-state index is 0.0750. The third-order valence-electron chi connectivity index (χ3n) is 4.41. The van der Waals surface area contributed by atoms with Crippen LogP contribution in [0.15, 0.2) is 36.7 Å². The molecule has 2 N–H and O–H groups in total. The Bertz CT molecular complexity index is 977. The fourth-order valence-corrected chi connectivity index (χ4v) is 3.99. The number of rotatable bonds is 4. The molecule has 1 atom stereocenters. The van der Waals surface area contributed by atoms with E-state index in [1.165, 1.54) is 34.1 Å². The van der Waals surface area contributed by atoms with Crippen molar-refractivity contribution in [3.8, 4) is 5.69 Å². The molecule has 1 aromatic heterocycles. The average Bonchev–Trinajstić information content (AvgIpc) is 3.14. The lowest BCUT2D eigenvalue weighted by Gasteiger charge is -2.33. The summed E-state index contributed by atoms with van der Waals surface area (Å²) < 4.78 is 67.1. The molecular weight excluding hydrogens is 411 g/mol. The molecule has 0 spiro atoms. The smallest absolute Gasteiger partial charge is 0.323 e. The van der Waals surface area contributed by atoms with Crippen molar-refractivity contribution in [2.24, 2.45) is 0 Å². The van der Waals surface area contributed by atoms with E-state index in [1.807, 2.05) is 0 Å². The first-order valence-electron chi connectivity index (χ1n) is 8.77. The molecule has 2 amide bonds. The maximum Gasteiger partial charge on any atom is 0.418 e. The van der Waals surface area contributed by atoms with Gasteiger partial charge in [-0.15, -0.1) is 0 Å². The van der Waals surface area contributed by atoms with Crippen molar-refractivity contribution >= 4 is 21.7 Å². The molecule has 1 aromatic carbocycles. The number of hydrogen-bond acceptors (Lipinski definition) is 4. The molecule has 1 saturated heterocycles. The number of alkyl halides is 3. The van der Waals surface area contributed by atoms with Gasteiger partial charge in [0, 0.05) is 31.5 Å². The Morgan fingerprint density at radius 2 is 2.07 bits per heavy atom. The Morgan fingerprint density at radius 1 is 1.31 bits per heavy atom. The lowest BCUT2D eigenvalue weighted by Crippen LogP contribution is -2.50. The largest absolute Gasteiger partial charge is 0.418 e. The van der Waals surface area contributed by atoms with E-state index < -0.39 is 33.8 Å². The van der Waals surface area contributed by atoms with Crippen molar-refractivity contribution < 1.29 is 26.4 Å². The van der Waals surface area contributed by atoms with E-state index in [4.69, 9.17) is 0 Å². The number of amides is 2. The van der Waals surface area contributed by atoms with Crippen molar-refractivity contribution in [3.05, 3.63) is 42.2 Å². The molecule has 29 heavy (non-hydrogen) atoms. The van der Waals surface area contributed by atoms with Gasteiger partial charge in [-0.3, -0.25) is 0 Å². The standard InChI is InChI=1S/C17H20F3N5O3S/c1-29(27,28)23-12-4-2-8-24(11-12)16(26)22-15-6-5-13(25-9-3-7-21-25)10-14(15)17(18,19)20/h3,5-7,9-10,12,23H,2,4,8,11H2,1H3,(H,22,26). The summed E-state index contributed by atoms with van der Waals surface area (Å²) in [5.74, 6) is 0. The minimum Gasteiger partial charge on any atom is -0.323 e. The summed E-state index contributed by atoms with van der Waals surface area (Å²) in [4.78, 5) is 13.8. The van der Waals surface area contributed by atoms with Gasteiger partial charge < -0.3 is 10.2 Å². The van der Waals surface area contributed by atoms with Crippen molar-refractivity contribution in [1.82, 2.24) is 19.4 Å². The van der Waals surface area contributed by atoms with E-state index in [0.717, 1.165) is 12.3 Å². The first-order valence-corrected chi connectivity index (χ1v) is 10.7. The number of anilines is 1. The summed E-state index contributed by atoms with van der Waals surface area (Å²) in [6, 6.07) is 3.89. The molecule has 8 nitrogen and oxygen atoms in total. The summed E-state index contributed by atoms with van der Waals surface area (Å²) in [5, 5.41) is 6.21. The maximum atomic E-state index is 13.5. The number of hydrogen-bond donors (Lipinski definition) is 2. The molecule has 0 saturated carbocycles. The summed E-state index contributed by atoms with van der Waals surface area (Å²) in [6.07, 6.45) is 0.363. The number of likely N-dealkylation sites (tertiary alicyclic amines) is 1. The van der Waals surface area contributed by atoms with Crippen molar-refractivity contribution in [3.63, 3.8) is 0 Å². The van der Waals surface area contributed by atoms with Crippen LogP contribution in [0, 0.1) is 0 Å². The minimum atomic E-state index is -4.69. The number of benzene rings is 1. The van der Waals surface area contributed by atoms with Crippen molar-refractivity contribution in [2.45, 2.75) is 25.1 Å². The number of carbonyl (C=O) groups excluding carboxylic acids is 1. The second-order valence-corrected chi connectivity index (χ2v) is 8.56. The predicted molar refractivity (Wildman–Crippen MR) is 100 cm³/mol. The van der Waals surface area contributed by atoms with Crippen LogP contribution in [0.25, 0.3) is 5.69 Å². The molecule has 1 fully saturated rings. The van der Waals surface area contributed by atoms with Gasteiger partial charge in [0.25, 0.3) is 0 Å². The first kappa shape index (κ1) is 21.1. The lowest BCUT2D eigenvalue weighted by atomic mass is 10.1. The van der Waals surface area contributed by atoms with E-state index in [-0.39, 0.29) is 17.9 Å². The fourth-order valence-electron chi connectivity index (χ4n) is 3.19. The molecule has 3 rings (SSSR count). The third-order valence-corrected chi connectivity index (χ3v) is 5.17. The summed E-state index contributed by atoms with van der Waals surface area (Å²) in [7, 11) is -3.45. The Balaban J connectivity index is 1.79. The highest BCUT2D eigenvalue weighted by molar-refractivity contribution is 7.88. The molecule has 1 aliphatic rings. The zero-order valence-corrected chi connectivity index (χ0v) is 16.3. The normalized spacial score (nSPS) is 17.9.